The average Bonchev–Trinajstić information content (AvgIpc) is 2.72. The van der Waals surface area contributed by atoms with Crippen molar-refractivity contribution in [3.8, 4) is 11.8 Å². The number of benzene rings is 3. The van der Waals surface area contributed by atoms with Crippen molar-refractivity contribution in [2.75, 3.05) is 4.90 Å². The van der Waals surface area contributed by atoms with Gasteiger partial charge in [0, 0.05) is 23.3 Å². The van der Waals surface area contributed by atoms with E-state index in [9.17, 15) is 14.9 Å². The fraction of sp³-hybridized carbons (Fsp3) is 0.0455. The summed E-state index contributed by atoms with van der Waals surface area (Å²) in [4.78, 5) is 23.5. The highest BCUT2D eigenvalue weighted by Gasteiger charge is 2.10. The maximum absolute atomic E-state index is 11.7. The summed E-state index contributed by atoms with van der Waals surface area (Å²) in [5.41, 5.74) is 3.12. The Morgan fingerprint density at radius 3 is 2.22 bits per heavy atom. The Labute approximate surface area is 157 Å². The normalized spacial score (nSPS) is 9.78. The number of para-hydroxylation sites is 1. The van der Waals surface area contributed by atoms with Crippen molar-refractivity contribution < 1.29 is 9.72 Å². The van der Waals surface area contributed by atoms with Crippen LogP contribution in [-0.2, 0) is 11.3 Å². The van der Waals surface area contributed by atoms with Crippen molar-refractivity contribution in [2.24, 2.45) is 0 Å². The van der Waals surface area contributed by atoms with Gasteiger partial charge in [-0.15, -0.1) is 0 Å². The standard InChI is InChI=1S/C22H16N2O3/c25-17-23(16-19-6-2-1-3-7-19)22-9-5-4-8-20(22)13-10-18-11-14-21(15-12-18)24(26)27/h1-9,11-12,14-15,17H,16H2. The minimum absolute atomic E-state index is 0.0240. The quantitative estimate of drug-likeness (QED) is 0.298. The zero-order valence-corrected chi connectivity index (χ0v) is 14.4. The van der Waals surface area contributed by atoms with Crippen LogP contribution in [0.2, 0.25) is 0 Å². The molecule has 0 atom stereocenters. The van der Waals surface area contributed by atoms with E-state index in [1.807, 2.05) is 54.6 Å². The van der Waals surface area contributed by atoms with Crippen LogP contribution in [0.3, 0.4) is 0 Å². The molecule has 0 aliphatic rings. The van der Waals surface area contributed by atoms with Crippen LogP contribution in [0.5, 0.6) is 0 Å². The molecule has 0 aliphatic carbocycles. The summed E-state index contributed by atoms with van der Waals surface area (Å²) in [6.45, 7) is 0.445. The fourth-order valence-corrected chi connectivity index (χ4v) is 2.60. The van der Waals surface area contributed by atoms with E-state index in [1.54, 1.807) is 17.0 Å². The van der Waals surface area contributed by atoms with Gasteiger partial charge in [-0.2, -0.15) is 0 Å². The molecule has 27 heavy (non-hydrogen) atoms. The number of hydrogen-bond acceptors (Lipinski definition) is 3. The third-order valence-electron chi connectivity index (χ3n) is 3.96. The largest absolute Gasteiger partial charge is 0.309 e. The van der Waals surface area contributed by atoms with Crippen molar-refractivity contribution in [1.82, 2.24) is 0 Å². The molecule has 0 aromatic heterocycles. The molecular weight excluding hydrogens is 340 g/mol. The van der Waals surface area contributed by atoms with Gasteiger partial charge >= 0.3 is 0 Å². The summed E-state index contributed by atoms with van der Waals surface area (Å²) in [7, 11) is 0. The van der Waals surface area contributed by atoms with Crippen LogP contribution < -0.4 is 4.90 Å². The van der Waals surface area contributed by atoms with Crippen LogP contribution in [0.25, 0.3) is 0 Å². The lowest BCUT2D eigenvalue weighted by atomic mass is 10.1. The lowest BCUT2D eigenvalue weighted by Crippen LogP contribution is -2.21. The molecule has 132 valence electrons. The number of nitrogens with zero attached hydrogens (tertiary/aromatic N) is 2. The second kappa shape index (κ2) is 8.45. The summed E-state index contributed by atoms with van der Waals surface area (Å²) in [6.07, 6.45) is 0.791. The van der Waals surface area contributed by atoms with Crippen LogP contribution in [0.15, 0.2) is 78.9 Å². The molecule has 0 aliphatic heterocycles. The van der Waals surface area contributed by atoms with Gasteiger partial charge in [0.2, 0.25) is 6.41 Å². The molecule has 5 heteroatoms. The number of amides is 1. The van der Waals surface area contributed by atoms with Gasteiger partial charge in [0.1, 0.15) is 0 Å². The number of rotatable bonds is 5. The van der Waals surface area contributed by atoms with Gasteiger partial charge in [0.25, 0.3) is 5.69 Å². The van der Waals surface area contributed by atoms with E-state index in [0.717, 1.165) is 12.0 Å². The highest BCUT2D eigenvalue weighted by molar-refractivity contribution is 5.79. The van der Waals surface area contributed by atoms with Crippen molar-refractivity contribution in [2.45, 2.75) is 6.54 Å². The molecule has 3 aromatic rings. The average molecular weight is 356 g/mol. The topological polar surface area (TPSA) is 63.5 Å². The molecule has 0 saturated heterocycles. The highest BCUT2D eigenvalue weighted by Crippen LogP contribution is 2.21. The molecule has 1 amide bonds. The predicted molar refractivity (Wildman–Crippen MR) is 104 cm³/mol. The fourth-order valence-electron chi connectivity index (χ4n) is 2.60. The Morgan fingerprint density at radius 1 is 0.889 bits per heavy atom. The SMILES string of the molecule is O=CN(Cc1ccccc1)c1ccccc1C#Cc1ccc([N+](=O)[O-])cc1. The molecular formula is C22H16N2O3. The number of anilines is 1. The summed E-state index contributed by atoms with van der Waals surface area (Å²) >= 11 is 0. The summed E-state index contributed by atoms with van der Waals surface area (Å²) in [6, 6.07) is 23.2. The molecule has 0 saturated carbocycles. The minimum Gasteiger partial charge on any atom is -0.309 e. The number of hydrogen-bond donors (Lipinski definition) is 0. The van der Waals surface area contributed by atoms with E-state index in [2.05, 4.69) is 11.8 Å². The van der Waals surface area contributed by atoms with Crippen molar-refractivity contribution in [1.29, 1.82) is 0 Å². The van der Waals surface area contributed by atoms with E-state index in [-0.39, 0.29) is 5.69 Å². The van der Waals surface area contributed by atoms with Crippen LogP contribution in [0, 0.1) is 22.0 Å². The number of carbonyl (C=O) groups excluding carboxylic acids is 1. The highest BCUT2D eigenvalue weighted by atomic mass is 16.6. The Kier molecular flexibility index (Phi) is 5.60. The smallest absolute Gasteiger partial charge is 0.269 e. The molecule has 0 radical (unpaired) electrons. The van der Waals surface area contributed by atoms with E-state index in [1.165, 1.54) is 12.1 Å². The Balaban J connectivity index is 1.87. The Morgan fingerprint density at radius 2 is 1.56 bits per heavy atom. The maximum Gasteiger partial charge on any atom is 0.269 e. The van der Waals surface area contributed by atoms with Crippen molar-refractivity contribution in [3.05, 3.63) is 106 Å². The Bertz CT molecular complexity index is 1000. The summed E-state index contributed by atoms with van der Waals surface area (Å²) in [5, 5.41) is 10.7. The third-order valence-corrected chi connectivity index (χ3v) is 3.96. The number of nitro groups is 1. The number of nitro benzene ring substituents is 1. The van der Waals surface area contributed by atoms with Crippen LogP contribution in [0.1, 0.15) is 16.7 Å². The van der Waals surface area contributed by atoms with Gasteiger partial charge in [-0.05, 0) is 29.8 Å². The van der Waals surface area contributed by atoms with Crippen molar-refractivity contribution in [3.63, 3.8) is 0 Å². The van der Waals surface area contributed by atoms with Gasteiger partial charge in [-0.25, -0.2) is 0 Å². The molecule has 0 heterocycles. The molecule has 0 unspecified atom stereocenters. The van der Waals surface area contributed by atoms with Gasteiger partial charge in [0.05, 0.1) is 17.2 Å². The van der Waals surface area contributed by atoms with E-state index >= 15 is 0 Å². The third kappa shape index (κ3) is 4.59. The second-order valence-electron chi connectivity index (χ2n) is 5.79. The number of non-ortho nitro benzene ring substituents is 1. The van der Waals surface area contributed by atoms with Gasteiger partial charge in [-0.3, -0.25) is 14.9 Å². The first-order chi connectivity index (χ1) is 13.2. The maximum atomic E-state index is 11.7. The van der Waals surface area contributed by atoms with Gasteiger partial charge in [-0.1, -0.05) is 54.3 Å². The van der Waals surface area contributed by atoms with Crippen LogP contribution >= 0.6 is 0 Å². The van der Waals surface area contributed by atoms with Crippen molar-refractivity contribution >= 4 is 17.8 Å². The summed E-state index contributed by atoms with van der Waals surface area (Å²) < 4.78 is 0. The van der Waals surface area contributed by atoms with Crippen LogP contribution in [0.4, 0.5) is 11.4 Å². The van der Waals surface area contributed by atoms with E-state index in [4.69, 9.17) is 0 Å². The number of carbonyl (C=O) groups is 1. The predicted octanol–water partition coefficient (Wildman–Crippen LogP) is 4.16. The molecule has 0 N–H and O–H groups in total. The molecule has 3 rings (SSSR count). The first-order valence-electron chi connectivity index (χ1n) is 8.29. The molecule has 3 aromatic carbocycles. The Hall–Kier alpha value is -3.91. The first kappa shape index (κ1) is 17.9. The monoisotopic (exact) mass is 356 g/mol. The zero-order chi connectivity index (χ0) is 19.1. The first-order valence-corrected chi connectivity index (χ1v) is 8.29. The molecule has 0 fully saturated rings. The van der Waals surface area contributed by atoms with E-state index in [0.29, 0.717) is 23.4 Å². The second-order valence-corrected chi connectivity index (χ2v) is 5.79. The lowest BCUT2D eigenvalue weighted by Gasteiger charge is -2.19. The summed E-state index contributed by atoms with van der Waals surface area (Å²) in [5.74, 6) is 6.05. The minimum atomic E-state index is -0.446. The van der Waals surface area contributed by atoms with Crippen LogP contribution in [-0.4, -0.2) is 11.3 Å². The molecule has 5 nitrogen and oxygen atoms in total. The lowest BCUT2D eigenvalue weighted by molar-refractivity contribution is -0.384. The van der Waals surface area contributed by atoms with Gasteiger partial charge in [0.15, 0.2) is 0 Å². The molecule has 0 bridgehead atoms. The molecule has 0 spiro atoms. The zero-order valence-electron chi connectivity index (χ0n) is 14.4. The van der Waals surface area contributed by atoms with E-state index < -0.39 is 4.92 Å². The van der Waals surface area contributed by atoms with Gasteiger partial charge < -0.3 is 4.90 Å².